The second-order valence-electron chi connectivity index (χ2n) is 14.0. The van der Waals surface area contributed by atoms with E-state index in [1.165, 1.54) is 38.4 Å². The molecule has 0 unspecified atom stereocenters. The van der Waals surface area contributed by atoms with Gasteiger partial charge in [-0.3, -0.25) is 9.13 Å². The molecule has 0 amide bonds. The maximum absolute atomic E-state index is 6.63. The lowest BCUT2D eigenvalue weighted by Gasteiger charge is -2.35. The van der Waals surface area contributed by atoms with Gasteiger partial charge in [-0.15, -0.1) is 0 Å². The van der Waals surface area contributed by atoms with Gasteiger partial charge in [0.25, 0.3) is 0 Å². The maximum Gasteiger partial charge on any atom is 0.145 e. The Morgan fingerprint density at radius 1 is 0.609 bits per heavy atom. The molecule has 1 aliphatic heterocycles. The van der Waals surface area contributed by atoms with Crippen molar-refractivity contribution in [1.29, 1.82) is 0 Å². The lowest BCUT2D eigenvalue weighted by Crippen LogP contribution is -2.28. The molecule has 9 rings (SSSR count). The molecule has 0 bridgehead atoms. The molecule has 5 heterocycles. The second-order valence-corrected chi connectivity index (χ2v) is 14.0. The zero-order chi connectivity index (χ0) is 31.4. The van der Waals surface area contributed by atoms with Crippen LogP contribution in [0.5, 0.6) is 11.5 Å². The van der Waals surface area contributed by atoms with Crippen molar-refractivity contribution in [3.05, 3.63) is 132 Å². The Morgan fingerprint density at radius 2 is 1.37 bits per heavy atom. The largest absolute Gasteiger partial charge is 0.457 e. The highest BCUT2D eigenvalue weighted by Crippen LogP contribution is 2.49. The number of aromatic nitrogens is 4. The third-order valence-corrected chi connectivity index (χ3v) is 9.79. The minimum Gasteiger partial charge on any atom is -0.457 e. The van der Waals surface area contributed by atoms with Gasteiger partial charge in [0.1, 0.15) is 23.0 Å². The summed E-state index contributed by atoms with van der Waals surface area (Å²) in [5, 5.41) is 4.78. The zero-order valence-electron chi connectivity index (χ0n) is 26.7. The molecule has 0 fully saturated rings. The van der Waals surface area contributed by atoms with Crippen LogP contribution in [-0.4, -0.2) is 19.1 Å². The van der Waals surface area contributed by atoms with E-state index in [1.54, 1.807) is 0 Å². The van der Waals surface area contributed by atoms with E-state index in [-0.39, 0.29) is 10.8 Å². The van der Waals surface area contributed by atoms with Crippen LogP contribution in [0.4, 0.5) is 0 Å². The van der Waals surface area contributed by atoms with Crippen molar-refractivity contribution in [2.24, 2.45) is 0 Å². The van der Waals surface area contributed by atoms with Crippen LogP contribution >= 0.6 is 0 Å². The summed E-state index contributed by atoms with van der Waals surface area (Å²) in [7, 11) is 0. The van der Waals surface area contributed by atoms with Gasteiger partial charge in [-0.2, -0.15) is 0 Å². The minimum absolute atomic E-state index is 0.0182. The smallest absolute Gasteiger partial charge is 0.145 e. The summed E-state index contributed by atoms with van der Waals surface area (Å²) in [5.74, 6) is 2.54. The van der Waals surface area contributed by atoms with Crippen LogP contribution in [0.25, 0.3) is 55.2 Å². The van der Waals surface area contributed by atoms with Gasteiger partial charge >= 0.3 is 0 Å². The fourth-order valence-corrected chi connectivity index (χ4v) is 7.41. The van der Waals surface area contributed by atoms with Gasteiger partial charge in [0.2, 0.25) is 0 Å². The van der Waals surface area contributed by atoms with Crippen LogP contribution in [0, 0.1) is 0 Å². The number of para-hydroxylation sites is 1. The predicted molar refractivity (Wildman–Crippen MR) is 188 cm³/mol. The number of hydrogen-bond donors (Lipinski definition) is 0. The highest BCUT2D eigenvalue weighted by atomic mass is 16.5. The molecule has 46 heavy (non-hydrogen) atoms. The average molecular weight is 599 g/mol. The average Bonchev–Trinajstić information content (AvgIpc) is 3.56. The van der Waals surface area contributed by atoms with E-state index in [9.17, 15) is 0 Å². The summed E-state index contributed by atoms with van der Waals surface area (Å²) in [6, 6.07) is 36.4. The standard InChI is InChI=1S/C41H34N4O/c1-40(2,3)25-21-32-30-18-17-28(24-36(30)45-37(32)34(22-25)41(4,5)33-15-10-20-43-39(33)45)46-27-12-8-11-26(23-27)44-35-16-7-6-13-29(35)31-14-9-19-42-38(31)44/h6-24H,1-5H3. The highest BCUT2D eigenvalue weighted by molar-refractivity contribution is 6.12. The molecule has 0 saturated carbocycles. The van der Waals surface area contributed by atoms with E-state index in [0.717, 1.165) is 45.1 Å². The lowest BCUT2D eigenvalue weighted by molar-refractivity contribution is 0.483. The third-order valence-electron chi connectivity index (χ3n) is 9.79. The molecule has 0 aliphatic carbocycles. The van der Waals surface area contributed by atoms with Crippen LogP contribution < -0.4 is 4.74 Å². The topological polar surface area (TPSA) is 44.9 Å². The second kappa shape index (κ2) is 9.30. The number of nitrogens with zero attached hydrogens (tertiary/aromatic N) is 4. The Balaban J connectivity index is 1.22. The Hall–Kier alpha value is -5.42. The van der Waals surface area contributed by atoms with Crippen molar-refractivity contribution >= 4 is 43.7 Å². The molecule has 5 nitrogen and oxygen atoms in total. The predicted octanol–water partition coefficient (Wildman–Crippen LogP) is 10.4. The molecule has 1 aliphatic rings. The summed E-state index contributed by atoms with van der Waals surface area (Å²) in [6.45, 7) is 11.5. The first-order valence-corrected chi connectivity index (χ1v) is 15.9. The number of pyridine rings is 2. The normalized spacial score (nSPS) is 13.9. The number of rotatable bonds is 3. The molecule has 0 N–H and O–H groups in total. The Morgan fingerprint density at radius 3 is 2.24 bits per heavy atom. The van der Waals surface area contributed by atoms with E-state index < -0.39 is 0 Å². The summed E-state index contributed by atoms with van der Waals surface area (Å²) in [6.07, 6.45) is 3.75. The van der Waals surface area contributed by atoms with E-state index in [0.29, 0.717) is 0 Å². The quantitative estimate of drug-likeness (QED) is 0.203. The maximum atomic E-state index is 6.63. The molecular formula is C41H34N4O. The molecular weight excluding hydrogens is 564 g/mol. The molecule has 0 saturated heterocycles. The Labute approximate surface area is 267 Å². The van der Waals surface area contributed by atoms with Gasteiger partial charge in [-0.25, -0.2) is 9.97 Å². The van der Waals surface area contributed by atoms with Gasteiger partial charge in [0.15, 0.2) is 0 Å². The van der Waals surface area contributed by atoms with Crippen molar-refractivity contribution in [2.45, 2.75) is 45.4 Å². The fraction of sp³-hybridized carbons (Fsp3) is 0.171. The van der Waals surface area contributed by atoms with Crippen LogP contribution in [0.2, 0.25) is 0 Å². The molecule has 8 aromatic rings. The van der Waals surface area contributed by atoms with E-state index in [4.69, 9.17) is 14.7 Å². The van der Waals surface area contributed by atoms with Crippen molar-refractivity contribution in [3.8, 4) is 23.0 Å². The summed E-state index contributed by atoms with van der Waals surface area (Å²) >= 11 is 0. The van der Waals surface area contributed by atoms with Crippen molar-refractivity contribution in [1.82, 2.24) is 19.1 Å². The van der Waals surface area contributed by atoms with Crippen LogP contribution in [0.15, 0.2) is 116 Å². The van der Waals surface area contributed by atoms with E-state index in [1.807, 2.05) is 30.6 Å². The zero-order valence-corrected chi connectivity index (χ0v) is 26.7. The minimum atomic E-state index is -0.186. The highest BCUT2D eigenvalue weighted by Gasteiger charge is 2.37. The van der Waals surface area contributed by atoms with Crippen molar-refractivity contribution in [2.75, 3.05) is 0 Å². The number of fused-ring (bicyclic) bond motifs is 8. The molecule has 224 valence electrons. The SMILES string of the molecule is CC(C)(C)c1cc2c3c(c1)c1ccc(Oc4cccc(-n5c6ccccc6c6cccnc65)c4)cc1n3-c1ncccc1C2(C)C. The van der Waals surface area contributed by atoms with Gasteiger partial charge in [-0.1, -0.05) is 71.0 Å². The molecule has 0 atom stereocenters. The number of hydrogen-bond acceptors (Lipinski definition) is 3. The molecule has 4 aromatic heterocycles. The molecule has 5 heteroatoms. The lowest BCUT2D eigenvalue weighted by atomic mass is 9.73. The monoisotopic (exact) mass is 598 g/mol. The van der Waals surface area contributed by atoms with E-state index >= 15 is 0 Å². The fourth-order valence-electron chi connectivity index (χ4n) is 7.41. The van der Waals surface area contributed by atoms with Gasteiger partial charge in [-0.05, 0) is 71.1 Å². The Kier molecular flexibility index (Phi) is 5.45. The van der Waals surface area contributed by atoms with Crippen molar-refractivity contribution in [3.63, 3.8) is 0 Å². The molecule has 0 radical (unpaired) electrons. The first-order chi connectivity index (χ1) is 22.2. The van der Waals surface area contributed by atoms with Gasteiger partial charge < -0.3 is 4.74 Å². The van der Waals surface area contributed by atoms with Crippen LogP contribution in [-0.2, 0) is 10.8 Å². The van der Waals surface area contributed by atoms with Crippen molar-refractivity contribution < 1.29 is 4.74 Å². The number of ether oxygens (including phenoxy) is 1. The molecule has 4 aromatic carbocycles. The third kappa shape index (κ3) is 3.75. The first kappa shape index (κ1) is 26.9. The van der Waals surface area contributed by atoms with Gasteiger partial charge in [0, 0.05) is 57.0 Å². The summed E-state index contributed by atoms with van der Waals surface area (Å²) in [5.41, 5.74) is 9.12. The molecule has 0 spiro atoms. The van der Waals surface area contributed by atoms with Crippen LogP contribution in [0.3, 0.4) is 0 Å². The summed E-state index contributed by atoms with van der Waals surface area (Å²) < 4.78 is 11.2. The van der Waals surface area contributed by atoms with Gasteiger partial charge in [0.05, 0.1) is 22.2 Å². The Bertz CT molecular complexity index is 2470. The summed E-state index contributed by atoms with van der Waals surface area (Å²) in [4.78, 5) is 9.71. The van der Waals surface area contributed by atoms with E-state index in [2.05, 4.69) is 129 Å². The van der Waals surface area contributed by atoms with Crippen LogP contribution in [0.1, 0.15) is 51.3 Å². The first-order valence-electron chi connectivity index (χ1n) is 15.9. The number of benzene rings is 4.